The normalized spacial score (nSPS) is 9.95. The van der Waals surface area contributed by atoms with Crippen LogP contribution in [0.15, 0.2) is 54.6 Å². The van der Waals surface area contributed by atoms with Crippen LogP contribution in [0.1, 0.15) is 11.1 Å². The molecule has 0 spiro atoms. The van der Waals surface area contributed by atoms with Crippen molar-refractivity contribution in [3.63, 3.8) is 0 Å². The minimum absolute atomic E-state index is 0.0376. The summed E-state index contributed by atoms with van der Waals surface area (Å²) in [5.41, 5.74) is 2.24. The molecule has 0 unspecified atom stereocenters. The topological polar surface area (TPSA) is 38.3 Å². The molecule has 0 saturated carbocycles. The molecule has 0 fully saturated rings. The highest BCUT2D eigenvalue weighted by molar-refractivity contribution is 5.77. The second-order valence-electron chi connectivity index (χ2n) is 4.36. The van der Waals surface area contributed by atoms with Gasteiger partial charge in [0.05, 0.1) is 0 Å². The van der Waals surface area contributed by atoms with Gasteiger partial charge in [-0.1, -0.05) is 48.0 Å². The summed E-state index contributed by atoms with van der Waals surface area (Å²) in [6.45, 7) is 2.57. The smallest absolute Gasteiger partial charge is 0.258 e. The molecule has 1 N–H and O–H groups in total. The fraction of sp³-hybridized carbons (Fsp3) is 0.188. The highest BCUT2D eigenvalue weighted by Gasteiger charge is 2.02. The fourth-order valence-electron chi connectivity index (χ4n) is 1.63. The third-order valence-electron chi connectivity index (χ3n) is 2.72. The monoisotopic (exact) mass is 255 g/mol. The zero-order valence-electron chi connectivity index (χ0n) is 10.9. The van der Waals surface area contributed by atoms with Crippen LogP contribution in [0.3, 0.4) is 0 Å². The molecule has 1 amide bonds. The number of carbonyl (C=O) groups excluding carboxylic acids is 1. The van der Waals surface area contributed by atoms with Gasteiger partial charge in [0, 0.05) is 6.54 Å². The number of ether oxygens (including phenoxy) is 1. The van der Waals surface area contributed by atoms with Crippen LogP contribution >= 0.6 is 0 Å². The van der Waals surface area contributed by atoms with Gasteiger partial charge in [0.25, 0.3) is 5.91 Å². The van der Waals surface area contributed by atoms with E-state index in [0.29, 0.717) is 12.3 Å². The van der Waals surface area contributed by atoms with Crippen LogP contribution in [0.5, 0.6) is 5.75 Å². The van der Waals surface area contributed by atoms with E-state index in [-0.39, 0.29) is 12.5 Å². The zero-order valence-corrected chi connectivity index (χ0v) is 10.9. The average Bonchev–Trinajstić information content (AvgIpc) is 2.45. The summed E-state index contributed by atoms with van der Waals surface area (Å²) in [7, 11) is 0. The van der Waals surface area contributed by atoms with Gasteiger partial charge >= 0.3 is 0 Å². The number of hydrogen-bond acceptors (Lipinski definition) is 2. The summed E-state index contributed by atoms with van der Waals surface area (Å²) in [6, 6.07) is 17.4. The maximum atomic E-state index is 11.6. The highest BCUT2D eigenvalue weighted by atomic mass is 16.5. The Balaban J connectivity index is 1.74. The zero-order chi connectivity index (χ0) is 13.5. The van der Waals surface area contributed by atoms with Crippen LogP contribution in [0, 0.1) is 6.92 Å². The molecule has 0 aliphatic heterocycles. The summed E-state index contributed by atoms with van der Waals surface area (Å²) >= 11 is 0. The van der Waals surface area contributed by atoms with E-state index in [1.807, 2.05) is 61.5 Å². The summed E-state index contributed by atoms with van der Waals surface area (Å²) < 4.78 is 5.40. The number of nitrogens with one attached hydrogen (secondary N) is 1. The van der Waals surface area contributed by atoms with Gasteiger partial charge in [-0.15, -0.1) is 0 Å². The van der Waals surface area contributed by atoms with Crippen molar-refractivity contribution in [3.8, 4) is 5.75 Å². The molecule has 0 radical (unpaired) electrons. The maximum absolute atomic E-state index is 11.6. The quantitative estimate of drug-likeness (QED) is 0.892. The van der Waals surface area contributed by atoms with E-state index in [2.05, 4.69) is 5.32 Å². The molecule has 0 saturated heterocycles. The molecule has 3 heteroatoms. The van der Waals surface area contributed by atoms with Crippen molar-refractivity contribution in [3.05, 3.63) is 65.7 Å². The first-order valence-electron chi connectivity index (χ1n) is 6.24. The van der Waals surface area contributed by atoms with Crippen molar-refractivity contribution in [1.29, 1.82) is 0 Å². The fourth-order valence-corrected chi connectivity index (χ4v) is 1.63. The molecule has 3 nitrogen and oxygen atoms in total. The third kappa shape index (κ3) is 4.47. The van der Waals surface area contributed by atoms with Gasteiger partial charge in [0.15, 0.2) is 6.61 Å². The number of amides is 1. The highest BCUT2D eigenvalue weighted by Crippen LogP contribution is 2.10. The number of carbonyl (C=O) groups is 1. The van der Waals surface area contributed by atoms with Crippen molar-refractivity contribution < 1.29 is 9.53 Å². The first-order valence-corrected chi connectivity index (χ1v) is 6.24. The molecule has 2 aromatic carbocycles. The summed E-state index contributed by atoms with van der Waals surface area (Å²) in [5, 5.41) is 2.82. The van der Waals surface area contributed by atoms with Gasteiger partial charge in [0.2, 0.25) is 0 Å². The van der Waals surface area contributed by atoms with Crippen molar-refractivity contribution in [1.82, 2.24) is 5.32 Å². The lowest BCUT2D eigenvalue weighted by atomic mass is 10.2. The Hall–Kier alpha value is -2.29. The molecular weight excluding hydrogens is 238 g/mol. The van der Waals surface area contributed by atoms with Crippen LogP contribution in [0.2, 0.25) is 0 Å². The first-order chi connectivity index (χ1) is 9.24. The Morgan fingerprint density at radius 3 is 2.42 bits per heavy atom. The lowest BCUT2D eigenvalue weighted by Crippen LogP contribution is -2.28. The van der Waals surface area contributed by atoms with Gasteiger partial charge < -0.3 is 10.1 Å². The van der Waals surface area contributed by atoms with Crippen LogP contribution in [0.4, 0.5) is 0 Å². The molecule has 0 aliphatic rings. The van der Waals surface area contributed by atoms with Crippen LogP contribution in [0.25, 0.3) is 0 Å². The Morgan fingerprint density at radius 1 is 1.05 bits per heavy atom. The Morgan fingerprint density at radius 2 is 1.74 bits per heavy atom. The van der Waals surface area contributed by atoms with E-state index in [1.54, 1.807) is 0 Å². The van der Waals surface area contributed by atoms with Gasteiger partial charge in [-0.05, 0) is 24.6 Å². The standard InChI is InChI=1S/C16H17NO2/c1-13-7-9-15(10-8-13)19-12-16(18)17-11-14-5-3-2-4-6-14/h2-10H,11-12H2,1H3,(H,17,18). The predicted octanol–water partition coefficient (Wildman–Crippen LogP) is 2.69. The first kappa shape index (κ1) is 13.1. The lowest BCUT2D eigenvalue weighted by Gasteiger charge is -2.07. The number of rotatable bonds is 5. The molecule has 2 rings (SSSR count). The van der Waals surface area contributed by atoms with E-state index in [0.717, 1.165) is 5.56 Å². The minimum Gasteiger partial charge on any atom is -0.484 e. The maximum Gasteiger partial charge on any atom is 0.258 e. The molecule has 2 aromatic rings. The predicted molar refractivity (Wildman–Crippen MR) is 75.0 cm³/mol. The van der Waals surface area contributed by atoms with E-state index < -0.39 is 0 Å². The Labute approximate surface area is 113 Å². The van der Waals surface area contributed by atoms with Crippen molar-refractivity contribution in [2.24, 2.45) is 0 Å². The Bertz CT molecular complexity index is 520. The molecule has 0 atom stereocenters. The molecule has 0 heterocycles. The SMILES string of the molecule is Cc1ccc(OCC(=O)NCc2ccccc2)cc1. The molecule has 0 aliphatic carbocycles. The van der Waals surface area contributed by atoms with Crippen LogP contribution in [-0.2, 0) is 11.3 Å². The van der Waals surface area contributed by atoms with Crippen LogP contribution < -0.4 is 10.1 Å². The summed E-state index contributed by atoms with van der Waals surface area (Å²) in [5.74, 6) is 0.588. The second-order valence-corrected chi connectivity index (χ2v) is 4.36. The second kappa shape index (κ2) is 6.59. The van der Waals surface area contributed by atoms with E-state index >= 15 is 0 Å². The number of hydrogen-bond donors (Lipinski definition) is 1. The summed E-state index contributed by atoms with van der Waals surface area (Å²) in [6.07, 6.45) is 0. The molecule has 0 bridgehead atoms. The van der Waals surface area contributed by atoms with Crippen molar-refractivity contribution in [2.75, 3.05) is 6.61 Å². The molecule has 19 heavy (non-hydrogen) atoms. The van der Waals surface area contributed by atoms with Gasteiger partial charge in [-0.3, -0.25) is 4.79 Å². The lowest BCUT2D eigenvalue weighted by molar-refractivity contribution is -0.123. The van der Waals surface area contributed by atoms with E-state index in [9.17, 15) is 4.79 Å². The van der Waals surface area contributed by atoms with Gasteiger partial charge in [0.1, 0.15) is 5.75 Å². The van der Waals surface area contributed by atoms with Crippen molar-refractivity contribution in [2.45, 2.75) is 13.5 Å². The third-order valence-corrected chi connectivity index (χ3v) is 2.72. The number of aryl methyl sites for hydroxylation is 1. The Kier molecular flexibility index (Phi) is 4.56. The largest absolute Gasteiger partial charge is 0.484 e. The molecular formula is C16H17NO2. The van der Waals surface area contributed by atoms with Gasteiger partial charge in [-0.25, -0.2) is 0 Å². The molecule has 0 aromatic heterocycles. The van der Waals surface area contributed by atoms with Crippen molar-refractivity contribution >= 4 is 5.91 Å². The van der Waals surface area contributed by atoms with Gasteiger partial charge in [-0.2, -0.15) is 0 Å². The van der Waals surface area contributed by atoms with Crippen LogP contribution in [-0.4, -0.2) is 12.5 Å². The average molecular weight is 255 g/mol. The number of benzene rings is 2. The van der Waals surface area contributed by atoms with E-state index in [1.165, 1.54) is 5.56 Å². The summed E-state index contributed by atoms with van der Waals surface area (Å²) in [4.78, 5) is 11.6. The van der Waals surface area contributed by atoms with E-state index in [4.69, 9.17) is 4.74 Å². The molecule has 98 valence electrons. The minimum atomic E-state index is -0.121.